The van der Waals surface area contributed by atoms with Crippen molar-refractivity contribution in [3.63, 3.8) is 0 Å². The number of ether oxygens (including phenoxy) is 1. The van der Waals surface area contributed by atoms with Crippen LogP contribution in [0.2, 0.25) is 0 Å². The molecule has 0 spiro atoms. The number of nitrogens with two attached hydrogens (primary N) is 1. The molecule has 0 aliphatic carbocycles. The quantitative estimate of drug-likeness (QED) is 0.865. The largest absolute Gasteiger partial charge is 0.491 e. The van der Waals surface area contributed by atoms with Gasteiger partial charge in [0.05, 0.1) is 6.54 Å². The molecule has 1 atom stereocenters. The Morgan fingerprint density at radius 3 is 2.84 bits per heavy atom. The second-order valence-electron chi connectivity index (χ2n) is 4.81. The fourth-order valence-corrected chi connectivity index (χ4v) is 2.05. The van der Waals surface area contributed by atoms with Gasteiger partial charge < -0.3 is 15.0 Å². The van der Waals surface area contributed by atoms with Gasteiger partial charge in [-0.05, 0) is 31.9 Å². The molecule has 2 aromatic rings. The number of aryl methyl sites for hydroxylation is 1. The number of nitrogens with zero attached hydrogens (tertiary/aromatic N) is 2. The Morgan fingerprint density at radius 1 is 1.37 bits per heavy atom. The van der Waals surface area contributed by atoms with E-state index in [1.165, 1.54) is 5.56 Å². The molecule has 1 unspecified atom stereocenters. The lowest BCUT2D eigenvalue weighted by Gasteiger charge is -2.13. The van der Waals surface area contributed by atoms with E-state index in [2.05, 4.69) is 15.6 Å². The molecular formula is C15H21N3O. The summed E-state index contributed by atoms with van der Waals surface area (Å²) in [6.07, 6.45) is 4.60. The molecule has 0 aliphatic rings. The molecule has 0 saturated carbocycles. The van der Waals surface area contributed by atoms with Crippen LogP contribution in [0.25, 0.3) is 0 Å². The molecule has 2 rings (SSSR count). The normalized spacial score (nSPS) is 12.4. The van der Waals surface area contributed by atoms with Crippen LogP contribution in [0.1, 0.15) is 18.3 Å². The van der Waals surface area contributed by atoms with Crippen LogP contribution >= 0.6 is 0 Å². The predicted octanol–water partition coefficient (Wildman–Crippen LogP) is 2.16. The maximum absolute atomic E-state index is 5.86. The van der Waals surface area contributed by atoms with E-state index in [-0.39, 0.29) is 6.04 Å². The average Bonchev–Trinajstić information content (AvgIpc) is 2.77. The first-order valence-electron chi connectivity index (χ1n) is 6.61. The van der Waals surface area contributed by atoms with E-state index >= 15 is 0 Å². The van der Waals surface area contributed by atoms with Crippen molar-refractivity contribution in [3.05, 3.63) is 48.0 Å². The molecule has 1 aromatic heterocycles. The smallest absolute Gasteiger partial charge is 0.122 e. The summed E-state index contributed by atoms with van der Waals surface area (Å²) in [5.74, 6) is 1.94. The highest BCUT2D eigenvalue weighted by Crippen LogP contribution is 2.19. The van der Waals surface area contributed by atoms with E-state index in [1.54, 1.807) is 6.20 Å². The highest BCUT2D eigenvalue weighted by atomic mass is 16.5. The fraction of sp³-hybridized carbons (Fsp3) is 0.400. The van der Waals surface area contributed by atoms with Crippen molar-refractivity contribution < 1.29 is 4.74 Å². The summed E-state index contributed by atoms with van der Waals surface area (Å²) in [7, 11) is 0. The van der Waals surface area contributed by atoms with Gasteiger partial charge in [-0.15, -0.1) is 0 Å². The van der Waals surface area contributed by atoms with Gasteiger partial charge in [-0.2, -0.15) is 0 Å². The van der Waals surface area contributed by atoms with Crippen LogP contribution in [-0.4, -0.2) is 22.2 Å². The van der Waals surface area contributed by atoms with Crippen molar-refractivity contribution in [1.29, 1.82) is 0 Å². The molecule has 102 valence electrons. The molecule has 4 nitrogen and oxygen atoms in total. The molecule has 19 heavy (non-hydrogen) atoms. The molecule has 0 bridgehead atoms. The monoisotopic (exact) mass is 259 g/mol. The number of aromatic nitrogens is 2. The van der Waals surface area contributed by atoms with Crippen LogP contribution in [-0.2, 0) is 13.0 Å². The van der Waals surface area contributed by atoms with E-state index in [0.29, 0.717) is 6.61 Å². The summed E-state index contributed by atoms with van der Waals surface area (Å²) in [6.45, 7) is 5.43. The Kier molecular flexibility index (Phi) is 4.58. The number of imidazole rings is 1. The standard InChI is InChI=1S/C15H21N3O/c1-12(16)11-14-5-3-4-6-15(14)19-10-9-18-8-7-17-13(18)2/h3-8,12H,9-11,16H2,1-2H3. The second kappa shape index (κ2) is 6.38. The molecule has 4 heteroatoms. The summed E-state index contributed by atoms with van der Waals surface area (Å²) in [5.41, 5.74) is 7.02. The van der Waals surface area contributed by atoms with E-state index in [9.17, 15) is 0 Å². The SMILES string of the molecule is Cc1nccn1CCOc1ccccc1CC(C)N. The second-order valence-corrected chi connectivity index (χ2v) is 4.81. The fourth-order valence-electron chi connectivity index (χ4n) is 2.05. The molecule has 0 aliphatic heterocycles. The van der Waals surface area contributed by atoms with Gasteiger partial charge in [0.1, 0.15) is 18.2 Å². The highest BCUT2D eigenvalue weighted by Gasteiger charge is 2.05. The average molecular weight is 259 g/mol. The van der Waals surface area contributed by atoms with Crippen molar-refractivity contribution >= 4 is 0 Å². The Labute approximate surface area is 114 Å². The molecule has 0 amide bonds. The molecule has 1 heterocycles. The van der Waals surface area contributed by atoms with Crippen LogP contribution in [0.3, 0.4) is 0 Å². The first kappa shape index (κ1) is 13.6. The van der Waals surface area contributed by atoms with Gasteiger partial charge in [-0.3, -0.25) is 0 Å². The molecule has 2 N–H and O–H groups in total. The van der Waals surface area contributed by atoms with E-state index in [0.717, 1.165) is 24.5 Å². The minimum Gasteiger partial charge on any atom is -0.491 e. The number of benzene rings is 1. The third kappa shape index (κ3) is 3.83. The summed E-state index contributed by atoms with van der Waals surface area (Å²) in [4.78, 5) is 4.19. The zero-order chi connectivity index (χ0) is 13.7. The topological polar surface area (TPSA) is 53.1 Å². The van der Waals surface area contributed by atoms with Gasteiger partial charge in [-0.1, -0.05) is 18.2 Å². The van der Waals surface area contributed by atoms with Crippen LogP contribution < -0.4 is 10.5 Å². The predicted molar refractivity (Wildman–Crippen MR) is 76.3 cm³/mol. The summed E-state index contributed by atoms with van der Waals surface area (Å²) in [6, 6.07) is 8.22. The van der Waals surface area contributed by atoms with Crippen LogP contribution in [0.4, 0.5) is 0 Å². The zero-order valence-electron chi connectivity index (χ0n) is 11.5. The van der Waals surface area contributed by atoms with Gasteiger partial charge in [0.15, 0.2) is 0 Å². The summed E-state index contributed by atoms with van der Waals surface area (Å²) in [5, 5.41) is 0. The summed E-state index contributed by atoms with van der Waals surface area (Å²) < 4.78 is 7.94. The number of hydrogen-bond acceptors (Lipinski definition) is 3. The van der Waals surface area contributed by atoms with Crippen molar-refractivity contribution in [3.8, 4) is 5.75 Å². The van der Waals surface area contributed by atoms with Gasteiger partial charge in [0.2, 0.25) is 0 Å². The van der Waals surface area contributed by atoms with E-state index in [4.69, 9.17) is 10.5 Å². The first-order chi connectivity index (χ1) is 9.16. The van der Waals surface area contributed by atoms with Crippen LogP contribution in [0, 0.1) is 6.92 Å². The lowest BCUT2D eigenvalue weighted by molar-refractivity contribution is 0.293. The lowest BCUT2D eigenvalue weighted by atomic mass is 10.1. The number of rotatable bonds is 6. The Hall–Kier alpha value is -1.81. The highest BCUT2D eigenvalue weighted by molar-refractivity contribution is 5.33. The van der Waals surface area contributed by atoms with Crippen LogP contribution in [0.5, 0.6) is 5.75 Å². The van der Waals surface area contributed by atoms with Gasteiger partial charge in [0, 0.05) is 18.4 Å². The first-order valence-corrected chi connectivity index (χ1v) is 6.61. The minimum atomic E-state index is 0.139. The van der Waals surface area contributed by atoms with E-state index in [1.807, 2.05) is 38.2 Å². The minimum absolute atomic E-state index is 0.139. The molecule has 0 fully saturated rings. The van der Waals surface area contributed by atoms with Crippen molar-refractivity contribution in [2.75, 3.05) is 6.61 Å². The lowest BCUT2D eigenvalue weighted by Crippen LogP contribution is -2.18. The van der Waals surface area contributed by atoms with Crippen molar-refractivity contribution in [2.45, 2.75) is 32.9 Å². The summed E-state index contributed by atoms with van der Waals surface area (Å²) >= 11 is 0. The number of hydrogen-bond donors (Lipinski definition) is 1. The zero-order valence-corrected chi connectivity index (χ0v) is 11.5. The van der Waals surface area contributed by atoms with Gasteiger partial charge in [0.25, 0.3) is 0 Å². The van der Waals surface area contributed by atoms with Crippen molar-refractivity contribution in [2.24, 2.45) is 5.73 Å². The Morgan fingerprint density at radius 2 is 2.16 bits per heavy atom. The van der Waals surface area contributed by atoms with Gasteiger partial charge in [-0.25, -0.2) is 4.98 Å². The molecule has 0 saturated heterocycles. The van der Waals surface area contributed by atoms with Gasteiger partial charge >= 0.3 is 0 Å². The third-order valence-electron chi connectivity index (χ3n) is 3.03. The number of para-hydroxylation sites is 1. The van der Waals surface area contributed by atoms with Crippen LogP contribution in [0.15, 0.2) is 36.7 Å². The third-order valence-corrected chi connectivity index (χ3v) is 3.03. The molecular weight excluding hydrogens is 238 g/mol. The maximum atomic E-state index is 5.86. The molecule has 1 aromatic carbocycles. The Bertz CT molecular complexity index is 520. The van der Waals surface area contributed by atoms with Crippen molar-refractivity contribution in [1.82, 2.24) is 9.55 Å². The Balaban J connectivity index is 1.94. The maximum Gasteiger partial charge on any atom is 0.122 e. The molecule has 0 radical (unpaired) electrons. The van der Waals surface area contributed by atoms with E-state index < -0.39 is 0 Å².